The molecule has 1 N–H and O–H groups in total. The van der Waals surface area contributed by atoms with Gasteiger partial charge in [-0.1, -0.05) is 17.7 Å². The van der Waals surface area contributed by atoms with Gasteiger partial charge in [0.05, 0.1) is 0 Å². The molecule has 0 atom stereocenters. The highest BCUT2D eigenvalue weighted by molar-refractivity contribution is 5.99. The Hall–Kier alpha value is -1.84. The lowest BCUT2D eigenvalue weighted by molar-refractivity contribution is -0.138. The lowest BCUT2D eigenvalue weighted by Gasteiger charge is -2.35. The van der Waals surface area contributed by atoms with Crippen LogP contribution in [0.3, 0.4) is 0 Å². The van der Waals surface area contributed by atoms with Crippen LogP contribution in [0.15, 0.2) is 12.1 Å². The van der Waals surface area contributed by atoms with Gasteiger partial charge in [0.15, 0.2) is 0 Å². The molecule has 20 heavy (non-hydrogen) atoms. The van der Waals surface area contributed by atoms with Crippen molar-refractivity contribution >= 4 is 11.9 Å². The van der Waals surface area contributed by atoms with Crippen molar-refractivity contribution in [3.8, 4) is 0 Å². The maximum absolute atomic E-state index is 12.7. The zero-order valence-electron chi connectivity index (χ0n) is 13.1. The van der Waals surface area contributed by atoms with E-state index in [0.29, 0.717) is 5.56 Å². The average molecular weight is 277 g/mol. The van der Waals surface area contributed by atoms with Crippen LogP contribution in [-0.4, -0.2) is 34.0 Å². The summed E-state index contributed by atoms with van der Waals surface area (Å²) in [6, 6.07) is 3.89. The Morgan fingerprint density at radius 2 is 1.55 bits per heavy atom. The van der Waals surface area contributed by atoms with Crippen LogP contribution in [-0.2, 0) is 4.79 Å². The summed E-state index contributed by atoms with van der Waals surface area (Å²) in [5.41, 5.74) is 2.92. The van der Waals surface area contributed by atoms with Crippen LogP contribution in [0.5, 0.6) is 0 Å². The number of carbonyl (C=O) groups is 2. The van der Waals surface area contributed by atoms with Gasteiger partial charge < -0.3 is 10.0 Å². The quantitative estimate of drug-likeness (QED) is 0.924. The number of rotatable bonds is 3. The highest BCUT2D eigenvalue weighted by atomic mass is 16.4. The fourth-order valence-electron chi connectivity index (χ4n) is 2.40. The van der Waals surface area contributed by atoms with Gasteiger partial charge in [-0.15, -0.1) is 0 Å². The molecule has 0 bridgehead atoms. The minimum Gasteiger partial charge on any atom is -0.480 e. The molecular formula is C16H23NO3. The van der Waals surface area contributed by atoms with Gasteiger partial charge in [-0.25, -0.2) is 0 Å². The summed E-state index contributed by atoms with van der Waals surface area (Å²) in [4.78, 5) is 25.2. The number of aryl methyl sites for hydroxylation is 3. The van der Waals surface area contributed by atoms with E-state index < -0.39 is 11.5 Å². The maximum Gasteiger partial charge on any atom is 0.323 e. The summed E-state index contributed by atoms with van der Waals surface area (Å²) in [6.07, 6.45) is 0. The Morgan fingerprint density at radius 3 is 1.90 bits per heavy atom. The van der Waals surface area contributed by atoms with Gasteiger partial charge in [0, 0.05) is 11.1 Å². The molecule has 0 heterocycles. The van der Waals surface area contributed by atoms with Crippen molar-refractivity contribution in [1.82, 2.24) is 4.90 Å². The Labute approximate surface area is 120 Å². The van der Waals surface area contributed by atoms with Gasteiger partial charge in [-0.3, -0.25) is 9.59 Å². The summed E-state index contributed by atoms with van der Waals surface area (Å²) in [5.74, 6) is -1.23. The second-order valence-corrected chi connectivity index (χ2v) is 6.23. The standard InChI is InChI=1S/C16H23NO3/c1-10-7-11(2)14(12(3)8-10)15(20)17(9-13(18)19)16(4,5)6/h7-8H,9H2,1-6H3,(H,18,19). The molecule has 0 aliphatic rings. The van der Waals surface area contributed by atoms with E-state index in [0.717, 1.165) is 16.7 Å². The Balaban J connectivity index is 3.30. The molecule has 0 fully saturated rings. The maximum atomic E-state index is 12.7. The summed E-state index contributed by atoms with van der Waals surface area (Å²) >= 11 is 0. The third-order valence-corrected chi connectivity index (χ3v) is 3.24. The first-order chi connectivity index (χ1) is 9.04. The van der Waals surface area contributed by atoms with Crippen LogP contribution in [0.25, 0.3) is 0 Å². The van der Waals surface area contributed by atoms with E-state index in [1.807, 2.05) is 53.7 Å². The summed E-state index contributed by atoms with van der Waals surface area (Å²) < 4.78 is 0. The SMILES string of the molecule is Cc1cc(C)c(C(=O)N(CC(=O)O)C(C)(C)C)c(C)c1. The minimum atomic E-state index is -1.00. The molecule has 4 heteroatoms. The van der Waals surface area contributed by atoms with E-state index >= 15 is 0 Å². The van der Waals surface area contributed by atoms with E-state index in [2.05, 4.69) is 0 Å². The molecular weight excluding hydrogens is 254 g/mol. The number of aliphatic carboxylic acids is 1. The normalized spacial score (nSPS) is 11.3. The number of carbonyl (C=O) groups excluding carboxylic acids is 1. The monoisotopic (exact) mass is 277 g/mol. The molecule has 0 aliphatic heterocycles. The Bertz CT molecular complexity index is 518. The molecule has 0 saturated carbocycles. The van der Waals surface area contributed by atoms with Crippen LogP contribution in [0, 0.1) is 20.8 Å². The molecule has 0 aliphatic carbocycles. The fourth-order valence-corrected chi connectivity index (χ4v) is 2.40. The average Bonchev–Trinajstić information content (AvgIpc) is 2.22. The second kappa shape index (κ2) is 5.65. The third kappa shape index (κ3) is 3.59. The van der Waals surface area contributed by atoms with Crippen molar-refractivity contribution in [2.45, 2.75) is 47.1 Å². The number of carboxylic acid groups (broad SMARTS) is 1. The van der Waals surface area contributed by atoms with Crippen LogP contribution in [0.1, 0.15) is 47.8 Å². The zero-order chi connectivity index (χ0) is 15.7. The van der Waals surface area contributed by atoms with Crippen molar-refractivity contribution in [2.75, 3.05) is 6.54 Å². The predicted molar refractivity (Wildman–Crippen MR) is 79.1 cm³/mol. The molecule has 1 rings (SSSR count). The first-order valence-corrected chi connectivity index (χ1v) is 6.65. The predicted octanol–water partition coefficient (Wildman–Crippen LogP) is 2.94. The molecule has 1 aromatic rings. The van der Waals surface area contributed by atoms with Crippen molar-refractivity contribution in [3.05, 3.63) is 34.4 Å². The first kappa shape index (κ1) is 16.2. The highest BCUT2D eigenvalue weighted by Crippen LogP contribution is 2.22. The molecule has 0 aromatic heterocycles. The second-order valence-electron chi connectivity index (χ2n) is 6.23. The number of hydrogen-bond donors (Lipinski definition) is 1. The number of nitrogens with zero attached hydrogens (tertiary/aromatic N) is 1. The number of hydrogen-bond acceptors (Lipinski definition) is 2. The van der Waals surface area contributed by atoms with Gasteiger partial charge in [0.2, 0.25) is 0 Å². The van der Waals surface area contributed by atoms with Crippen LogP contribution in [0.2, 0.25) is 0 Å². The summed E-state index contributed by atoms with van der Waals surface area (Å²) in [6.45, 7) is 11.0. The van der Waals surface area contributed by atoms with E-state index in [1.54, 1.807) is 0 Å². The van der Waals surface area contributed by atoms with E-state index in [-0.39, 0.29) is 12.5 Å². The van der Waals surface area contributed by atoms with E-state index in [4.69, 9.17) is 5.11 Å². The zero-order valence-corrected chi connectivity index (χ0v) is 13.1. The Kier molecular flexibility index (Phi) is 4.58. The van der Waals surface area contributed by atoms with Crippen molar-refractivity contribution in [3.63, 3.8) is 0 Å². The number of benzene rings is 1. The van der Waals surface area contributed by atoms with Crippen LogP contribution >= 0.6 is 0 Å². The van der Waals surface area contributed by atoms with Gasteiger partial charge in [-0.05, 0) is 52.7 Å². The van der Waals surface area contributed by atoms with Crippen LogP contribution < -0.4 is 0 Å². The number of amides is 1. The first-order valence-electron chi connectivity index (χ1n) is 6.65. The molecule has 0 radical (unpaired) electrons. The minimum absolute atomic E-state index is 0.227. The number of carboxylic acids is 1. The van der Waals surface area contributed by atoms with Gasteiger partial charge in [0.25, 0.3) is 5.91 Å². The largest absolute Gasteiger partial charge is 0.480 e. The molecule has 0 saturated heterocycles. The van der Waals surface area contributed by atoms with Crippen molar-refractivity contribution in [1.29, 1.82) is 0 Å². The summed E-state index contributed by atoms with van der Waals surface area (Å²) in [7, 11) is 0. The van der Waals surface area contributed by atoms with E-state index in [1.165, 1.54) is 4.90 Å². The van der Waals surface area contributed by atoms with Crippen molar-refractivity contribution < 1.29 is 14.7 Å². The lowest BCUT2D eigenvalue weighted by Crippen LogP contribution is -2.48. The van der Waals surface area contributed by atoms with Crippen LogP contribution in [0.4, 0.5) is 0 Å². The topological polar surface area (TPSA) is 57.6 Å². The Morgan fingerprint density at radius 1 is 1.10 bits per heavy atom. The third-order valence-electron chi connectivity index (χ3n) is 3.24. The molecule has 1 aromatic carbocycles. The molecule has 1 amide bonds. The molecule has 0 unspecified atom stereocenters. The fraction of sp³-hybridized carbons (Fsp3) is 0.500. The van der Waals surface area contributed by atoms with Gasteiger partial charge >= 0.3 is 5.97 Å². The molecule has 4 nitrogen and oxygen atoms in total. The van der Waals surface area contributed by atoms with Gasteiger partial charge in [-0.2, -0.15) is 0 Å². The lowest BCUT2D eigenvalue weighted by atomic mass is 9.96. The summed E-state index contributed by atoms with van der Waals surface area (Å²) in [5, 5.41) is 9.03. The van der Waals surface area contributed by atoms with E-state index in [9.17, 15) is 9.59 Å². The van der Waals surface area contributed by atoms with Crippen molar-refractivity contribution in [2.24, 2.45) is 0 Å². The molecule has 110 valence electrons. The highest BCUT2D eigenvalue weighted by Gasteiger charge is 2.30. The molecule has 0 spiro atoms. The van der Waals surface area contributed by atoms with Gasteiger partial charge in [0.1, 0.15) is 6.54 Å². The smallest absolute Gasteiger partial charge is 0.323 e.